The Kier molecular flexibility index (Phi) is 48.1. The van der Waals surface area contributed by atoms with Crippen molar-refractivity contribution in [2.24, 2.45) is 0 Å². The standard InChI is InChI=1S/C53H103NO5/c1-3-5-7-9-11-13-15-17-19-21-23-27-31-35-39-43-47-53(58)59-48-44-40-36-32-28-24-26-30-34-38-42-46-52(57)54-50(49-55)51(56)45-41-37-33-29-25-22-20-18-16-14-12-10-8-6-4-2/h28,32,50-51,55-56H,3-27,29-31,33-49H2,1-2H3,(H,54,57)/b32-28-. The molecule has 0 saturated carbocycles. The van der Waals surface area contributed by atoms with Gasteiger partial charge in [-0.15, -0.1) is 0 Å². The van der Waals surface area contributed by atoms with Gasteiger partial charge in [-0.05, 0) is 51.4 Å². The molecule has 0 bridgehead atoms. The zero-order valence-electron chi connectivity index (χ0n) is 39.7. The molecule has 350 valence electrons. The van der Waals surface area contributed by atoms with Crippen LogP contribution in [0, 0.1) is 0 Å². The summed E-state index contributed by atoms with van der Waals surface area (Å²) in [6.07, 6.45) is 56.1. The van der Waals surface area contributed by atoms with E-state index in [1.165, 1.54) is 180 Å². The molecule has 6 nitrogen and oxygen atoms in total. The van der Waals surface area contributed by atoms with Gasteiger partial charge in [0.1, 0.15) is 0 Å². The second kappa shape index (κ2) is 49.3. The van der Waals surface area contributed by atoms with E-state index in [1.54, 1.807) is 0 Å². The van der Waals surface area contributed by atoms with Gasteiger partial charge < -0.3 is 20.3 Å². The Morgan fingerprint density at radius 1 is 0.458 bits per heavy atom. The second-order valence-corrected chi connectivity index (χ2v) is 18.2. The number of aliphatic hydroxyl groups is 2. The highest BCUT2D eigenvalue weighted by Gasteiger charge is 2.20. The van der Waals surface area contributed by atoms with Crippen molar-refractivity contribution in [3.8, 4) is 0 Å². The highest BCUT2D eigenvalue weighted by molar-refractivity contribution is 5.76. The number of unbranched alkanes of at least 4 members (excludes halogenated alkanes) is 36. The summed E-state index contributed by atoms with van der Waals surface area (Å²) in [4.78, 5) is 24.5. The molecule has 0 aliphatic rings. The Labute approximate surface area is 368 Å². The molecule has 0 spiro atoms. The number of hydrogen-bond acceptors (Lipinski definition) is 5. The minimum absolute atomic E-state index is 0.0274. The molecule has 6 heteroatoms. The highest BCUT2D eigenvalue weighted by atomic mass is 16.5. The molecule has 2 unspecified atom stereocenters. The van der Waals surface area contributed by atoms with Crippen LogP contribution in [0.1, 0.15) is 290 Å². The summed E-state index contributed by atoms with van der Waals surface area (Å²) >= 11 is 0. The van der Waals surface area contributed by atoms with Crippen LogP contribution in [0.15, 0.2) is 12.2 Å². The number of esters is 1. The predicted octanol–water partition coefficient (Wildman–Crippen LogP) is 15.7. The number of carbonyl (C=O) groups is 2. The first kappa shape index (κ1) is 57.6. The monoisotopic (exact) mass is 834 g/mol. The molecule has 3 N–H and O–H groups in total. The molecule has 1 amide bonds. The number of carbonyl (C=O) groups excluding carboxylic acids is 2. The van der Waals surface area contributed by atoms with Crippen molar-refractivity contribution >= 4 is 11.9 Å². The second-order valence-electron chi connectivity index (χ2n) is 18.2. The van der Waals surface area contributed by atoms with Gasteiger partial charge in [0.15, 0.2) is 0 Å². The third-order valence-corrected chi connectivity index (χ3v) is 12.3. The SMILES string of the molecule is CCCCCCCCCCCCCCCCCCC(=O)OCCCC/C=C\CCCCCCCC(=O)NC(CO)C(O)CCCCCCCCCCCCCCCCC. The molecule has 0 aliphatic carbocycles. The minimum Gasteiger partial charge on any atom is -0.466 e. The lowest BCUT2D eigenvalue weighted by Gasteiger charge is -2.22. The summed E-state index contributed by atoms with van der Waals surface area (Å²) in [5, 5.41) is 23.2. The average molecular weight is 834 g/mol. The van der Waals surface area contributed by atoms with Crippen molar-refractivity contribution in [1.29, 1.82) is 0 Å². The van der Waals surface area contributed by atoms with Crippen LogP contribution in [-0.4, -0.2) is 47.4 Å². The fourth-order valence-corrected chi connectivity index (χ4v) is 8.22. The van der Waals surface area contributed by atoms with Gasteiger partial charge in [-0.1, -0.05) is 238 Å². The van der Waals surface area contributed by atoms with E-state index in [-0.39, 0.29) is 18.5 Å². The van der Waals surface area contributed by atoms with Crippen molar-refractivity contribution in [2.75, 3.05) is 13.2 Å². The number of allylic oxidation sites excluding steroid dienone is 2. The molecular weight excluding hydrogens is 731 g/mol. The van der Waals surface area contributed by atoms with E-state index in [1.807, 2.05) is 0 Å². The summed E-state index contributed by atoms with van der Waals surface area (Å²) in [7, 11) is 0. The van der Waals surface area contributed by atoms with E-state index in [0.717, 1.165) is 77.0 Å². The Morgan fingerprint density at radius 3 is 1.20 bits per heavy atom. The van der Waals surface area contributed by atoms with E-state index in [0.29, 0.717) is 25.9 Å². The van der Waals surface area contributed by atoms with Crippen LogP contribution in [0.5, 0.6) is 0 Å². The average Bonchev–Trinajstić information content (AvgIpc) is 3.24. The molecule has 0 aromatic heterocycles. The van der Waals surface area contributed by atoms with Crippen molar-refractivity contribution in [1.82, 2.24) is 5.32 Å². The van der Waals surface area contributed by atoms with Gasteiger partial charge in [0.05, 0.1) is 25.4 Å². The summed E-state index contributed by atoms with van der Waals surface area (Å²) in [5.41, 5.74) is 0. The Hall–Kier alpha value is -1.40. The van der Waals surface area contributed by atoms with Crippen molar-refractivity contribution in [3.05, 3.63) is 12.2 Å². The molecule has 0 rings (SSSR count). The van der Waals surface area contributed by atoms with Gasteiger partial charge in [0.2, 0.25) is 5.91 Å². The molecule has 2 atom stereocenters. The molecule has 59 heavy (non-hydrogen) atoms. The van der Waals surface area contributed by atoms with Crippen LogP contribution in [0.2, 0.25) is 0 Å². The number of hydrogen-bond donors (Lipinski definition) is 3. The van der Waals surface area contributed by atoms with Crippen molar-refractivity contribution in [2.45, 2.75) is 302 Å². The Balaban J connectivity index is 3.49. The van der Waals surface area contributed by atoms with Gasteiger partial charge >= 0.3 is 5.97 Å². The molecule has 0 radical (unpaired) electrons. The number of rotatable bonds is 49. The third kappa shape index (κ3) is 45.9. The van der Waals surface area contributed by atoms with E-state index in [4.69, 9.17) is 4.74 Å². The molecule has 0 saturated heterocycles. The molecule has 0 aromatic carbocycles. The van der Waals surface area contributed by atoms with Gasteiger partial charge in [-0.25, -0.2) is 0 Å². The molecule has 0 fully saturated rings. The lowest BCUT2D eigenvalue weighted by molar-refractivity contribution is -0.143. The summed E-state index contributed by atoms with van der Waals surface area (Å²) in [5.74, 6) is -0.0897. The third-order valence-electron chi connectivity index (χ3n) is 12.3. The lowest BCUT2D eigenvalue weighted by atomic mass is 10.0. The van der Waals surface area contributed by atoms with Gasteiger partial charge in [0, 0.05) is 12.8 Å². The maximum atomic E-state index is 12.4. The van der Waals surface area contributed by atoms with Gasteiger partial charge in [-0.3, -0.25) is 9.59 Å². The summed E-state index contributed by atoms with van der Waals surface area (Å²) in [6, 6.07) is -0.561. The van der Waals surface area contributed by atoms with Crippen LogP contribution in [-0.2, 0) is 14.3 Å². The fourth-order valence-electron chi connectivity index (χ4n) is 8.22. The van der Waals surface area contributed by atoms with Crippen molar-refractivity contribution in [3.63, 3.8) is 0 Å². The van der Waals surface area contributed by atoms with E-state index in [9.17, 15) is 19.8 Å². The number of nitrogens with one attached hydrogen (secondary N) is 1. The Morgan fingerprint density at radius 2 is 0.797 bits per heavy atom. The van der Waals surface area contributed by atoms with E-state index < -0.39 is 12.1 Å². The van der Waals surface area contributed by atoms with Gasteiger partial charge in [0.25, 0.3) is 0 Å². The summed E-state index contributed by atoms with van der Waals surface area (Å²) in [6.45, 7) is 4.89. The molecular formula is C53H103NO5. The lowest BCUT2D eigenvalue weighted by Crippen LogP contribution is -2.45. The smallest absolute Gasteiger partial charge is 0.305 e. The van der Waals surface area contributed by atoms with E-state index in [2.05, 4.69) is 31.3 Å². The molecule has 0 heterocycles. The summed E-state index contributed by atoms with van der Waals surface area (Å²) < 4.78 is 5.44. The van der Waals surface area contributed by atoms with E-state index >= 15 is 0 Å². The van der Waals surface area contributed by atoms with Crippen LogP contribution in [0.3, 0.4) is 0 Å². The number of amides is 1. The zero-order chi connectivity index (χ0) is 43.0. The zero-order valence-corrected chi connectivity index (χ0v) is 39.7. The van der Waals surface area contributed by atoms with Crippen LogP contribution in [0.4, 0.5) is 0 Å². The fraction of sp³-hybridized carbons (Fsp3) is 0.925. The first-order valence-corrected chi connectivity index (χ1v) is 26.4. The minimum atomic E-state index is -0.681. The van der Waals surface area contributed by atoms with Crippen LogP contribution >= 0.6 is 0 Å². The predicted molar refractivity (Wildman–Crippen MR) is 255 cm³/mol. The largest absolute Gasteiger partial charge is 0.466 e. The first-order valence-electron chi connectivity index (χ1n) is 26.4. The van der Waals surface area contributed by atoms with Crippen LogP contribution in [0.25, 0.3) is 0 Å². The normalized spacial score (nSPS) is 12.7. The molecule has 0 aromatic rings. The number of aliphatic hydroxyl groups excluding tert-OH is 2. The molecule has 0 aliphatic heterocycles. The maximum absolute atomic E-state index is 12.4. The maximum Gasteiger partial charge on any atom is 0.305 e. The number of ether oxygens (including phenoxy) is 1. The Bertz CT molecular complexity index is 878. The topological polar surface area (TPSA) is 95.9 Å². The highest BCUT2D eigenvalue weighted by Crippen LogP contribution is 2.17. The van der Waals surface area contributed by atoms with Gasteiger partial charge in [-0.2, -0.15) is 0 Å². The first-order chi connectivity index (χ1) is 29.0. The van der Waals surface area contributed by atoms with Crippen molar-refractivity contribution < 1.29 is 24.5 Å². The quantitative estimate of drug-likeness (QED) is 0.0322. The van der Waals surface area contributed by atoms with Crippen LogP contribution < -0.4 is 5.32 Å².